The fraction of sp³-hybridized carbons (Fsp3) is 0.273. The number of hydrogen-bond donors (Lipinski definition) is 4. The number of carbonyl (C=O) groups is 1. The van der Waals surface area contributed by atoms with Crippen molar-refractivity contribution in [1.82, 2.24) is 30.3 Å². The molecule has 4 aromatic rings. The lowest BCUT2D eigenvalue weighted by Crippen LogP contribution is -2.38. The summed E-state index contributed by atoms with van der Waals surface area (Å²) in [6.07, 6.45) is 1.66. The SMILES string of the molecule is COc1cc(-c2nc(Nc3ccc4[nH]ncc4c3Cl)n(C)n2)ccc1OCC(=O)NC(C)CO. The van der Waals surface area contributed by atoms with Gasteiger partial charge in [-0.2, -0.15) is 10.1 Å². The quantitative estimate of drug-likeness (QED) is 0.284. The zero-order chi connectivity index (χ0) is 24.2. The van der Waals surface area contributed by atoms with E-state index in [1.54, 1.807) is 43.0 Å². The molecule has 0 fully saturated rings. The van der Waals surface area contributed by atoms with Crippen LogP contribution >= 0.6 is 11.6 Å². The van der Waals surface area contributed by atoms with Crippen molar-refractivity contribution >= 4 is 40.0 Å². The highest BCUT2D eigenvalue weighted by molar-refractivity contribution is 6.38. The van der Waals surface area contributed by atoms with Crippen molar-refractivity contribution in [1.29, 1.82) is 0 Å². The number of halogens is 1. The lowest BCUT2D eigenvalue weighted by Gasteiger charge is -2.13. The minimum atomic E-state index is -0.352. The Kier molecular flexibility index (Phi) is 6.85. The number of aliphatic hydroxyl groups is 1. The second-order valence-electron chi connectivity index (χ2n) is 7.57. The smallest absolute Gasteiger partial charge is 0.258 e. The van der Waals surface area contributed by atoms with Gasteiger partial charge in [-0.15, -0.1) is 5.10 Å². The van der Waals surface area contributed by atoms with Crippen molar-refractivity contribution in [3.63, 3.8) is 0 Å². The van der Waals surface area contributed by atoms with Gasteiger partial charge in [0.15, 0.2) is 23.9 Å². The topological polar surface area (TPSA) is 139 Å². The zero-order valence-corrected chi connectivity index (χ0v) is 19.6. The molecule has 178 valence electrons. The molecule has 1 unspecified atom stereocenters. The van der Waals surface area contributed by atoms with Crippen molar-refractivity contribution < 1.29 is 19.4 Å². The maximum atomic E-state index is 11.9. The Labute approximate surface area is 200 Å². The molecule has 1 amide bonds. The van der Waals surface area contributed by atoms with Crippen LogP contribution in [-0.2, 0) is 11.8 Å². The van der Waals surface area contributed by atoms with Crippen LogP contribution in [0.2, 0.25) is 5.02 Å². The Bertz CT molecular complexity index is 1320. The van der Waals surface area contributed by atoms with Crippen LogP contribution in [0, 0.1) is 0 Å². The van der Waals surface area contributed by atoms with Crippen LogP contribution in [0.15, 0.2) is 36.5 Å². The number of aromatic nitrogens is 5. The summed E-state index contributed by atoms with van der Waals surface area (Å²) in [7, 11) is 3.27. The van der Waals surface area contributed by atoms with Gasteiger partial charge in [0.2, 0.25) is 5.95 Å². The van der Waals surface area contributed by atoms with Gasteiger partial charge in [-0.1, -0.05) is 11.6 Å². The lowest BCUT2D eigenvalue weighted by molar-refractivity contribution is -0.124. The normalized spacial score (nSPS) is 11.9. The fourth-order valence-electron chi connectivity index (χ4n) is 3.25. The number of H-pyrrole nitrogens is 1. The number of amides is 1. The van der Waals surface area contributed by atoms with Crippen LogP contribution < -0.4 is 20.1 Å². The number of fused-ring (bicyclic) bond motifs is 1. The number of rotatable bonds is 9. The van der Waals surface area contributed by atoms with Crippen molar-refractivity contribution in [3.05, 3.63) is 41.6 Å². The van der Waals surface area contributed by atoms with Crippen LogP contribution in [0.1, 0.15) is 6.92 Å². The van der Waals surface area contributed by atoms with E-state index in [1.807, 2.05) is 12.1 Å². The summed E-state index contributed by atoms with van der Waals surface area (Å²) in [5.41, 5.74) is 2.21. The van der Waals surface area contributed by atoms with Gasteiger partial charge in [0.05, 0.1) is 36.1 Å². The summed E-state index contributed by atoms with van der Waals surface area (Å²) < 4.78 is 12.6. The molecule has 12 heteroatoms. The first-order valence-electron chi connectivity index (χ1n) is 10.4. The third kappa shape index (κ3) is 4.90. The molecule has 0 aliphatic heterocycles. The Morgan fingerprint density at radius 1 is 1.29 bits per heavy atom. The maximum absolute atomic E-state index is 11.9. The number of hydrogen-bond acceptors (Lipinski definition) is 8. The second kappa shape index (κ2) is 9.98. The standard InChI is InChI=1S/C22H24ClN7O4/c1-12(10-31)25-19(32)11-34-17-7-4-13(8-18(17)33-3)21-27-22(30(2)29-21)26-16-6-5-15-14(20(16)23)9-24-28-15/h4-9,12,31H,10-11H2,1-3H3,(H,24,28)(H,25,32)(H,26,27,29). The summed E-state index contributed by atoms with van der Waals surface area (Å²) in [5, 5.41) is 27.5. The minimum absolute atomic E-state index is 0.151. The minimum Gasteiger partial charge on any atom is -0.493 e. The van der Waals surface area contributed by atoms with Crippen molar-refractivity contribution in [2.45, 2.75) is 13.0 Å². The predicted molar refractivity (Wildman–Crippen MR) is 128 cm³/mol. The summed E-state index contributed by atoms with van der Waals surface area (Å²) in [4.78, 5) is 16.5. The summed E-state index contributed by atoms with van der Waals surface area (Å²) in [5.74, 6) is 1.43. The predicted octanol–water partition coefficient (Wildman–Crippen LogP) is 2.64. The van der Waals surface area contributed by atoms with E-state index >= 15 is 0 Å². The molecular formula is C22H24ClN7O4. The van der Waals surface area contributed by atoms with Crippen LogP contribution in [0.25, 0.3) is 22.3 Å². The highest BCUT2D eigenvalue weighted by Crippen LogP contribution is 2.34. The van der Waals surface area contributed by atoms with Gasteiger partial charge >= 0.3 is 0 Å². The first-order valence-corrected chi connectivity index (χ1v) is 10.8. The first kappa shape index (κ1) is 23.3. The molecule has 0 aliphatic rings. The van der Waals surface area contributed by atoms with Crippen LogP contribution in [0.4, 0.5) is 11.6 Å². The molecule has 0 saturated carbocycles. The van der Waals surface area contributed by atoms with Gasteiger partial charge in [-0.05, 0) is 37.3 Å². The Morgan fingerprint density at radius 2 is 2.12 bits per heavy atom. The van der Waals surface area contributed by atoms with E-state index < -0.39 is 0 Å². The van der Waals surface area contributed by atoms with E-state index in [9.17, 15) is 4.79 Å². The van der Waals surface area contributed by atoms with Crippen LogP contribution in [-0.4, -0.2) is 62.3 Å². The number of benzene rings is 2. The lowest BCUT2D eigenvalue weighted by atomic mass is 10.2. The zero-order valence-electron chi connectivity index (χ0n) is 18.8. The number of nitrogens with zero attached hydrogens (tertiary/aromatic N) is 4. The molecule has 2 aromatic carbocycles. The maximum Gasteiger partial charge on any atom is 0.258 e. The molecule has 4 rings (SSSR count). The van der Waals surface area contributed by atoms with Gasteiger partial charge in [-0.3, -0.25) is 9.89 Å². The molecule has 0 bridgehead atoms. The number of anilines is 2. The molecule has 0 aliphatic carbocycles. The van der Waals surface area contributed by atoms with Crippen molar-refractivity contribution in [2.24, 2.45) is 7.05 Å². The van der Waals surface area contributed by atoms with Gasteiger partial charge in [0, 0.05) is 24.0 Å². The molecule has 34 heavy (non-hydrogen) atoms. The molecule has 0 spiro atoms. The van der Waals surface area contributed by atoms with E-state index in [0.29, 0.717) is 39.5 Å². The summed E-state index contributed by atoms with van der Waals surface area (Å²) in [6.45, 7) is 1.33. The molecule has 0 radical (unpaired) electrons. The average molecular weight is 486 g/mol. The average Bonchev–Trinajstić information content (AvgIpc) is 3.46. The van der Waals surface area contributed by atoms with Gasteiger partial charge in [0.25, 0.3) is 5.91 Å². The van der Waals surface area contributed by atoms with Gasteiger partial charge in [-0.25, -0.2) is 4.68 Å². The van der Waals surface area contributed by atoms with E-state index in [4.69, 9.17) is 26.2 Å². The molecule has 0 saturated heterocycles. The Morgan fingerprint density at radius 3 is 2.88 bits per heavy atom. The van der Waals surface area contributed by atoms with E-state index in [1.165, 1.54) is 7.11 Å². The number of aromatic amines is 1. The van der Waals surface area contributed by atoms with Crippen molar-refractivity contribution in [3.8, 4) is 22.9 Å². The number of methoxy groups -OCH3 is 1. The van der Waals surface area contributed by atoms with Crippen LogP contribution in [0.3, 0.4) is 0 Å². The highest BCUT2D eigenvalue weighted by Gasteiger charge is 2.16. The summed E-state index contributed by atoms with van der Waals surface area (Å²) >= 11 is 6.50. The largest absolute Gasteiger partial charge is 0.493 e. The fourth-order valence-corrected chi connectivity index (χ4v) is 3.51. The summed E-state index contributed by atoms with van der Waals surface area (Å²) in [6, 6.07) is 8.55. The number of nitrogens with one attached hydrogen (secondary N) is 3. The number of aryl methyl sites for hydroxylation is 1. The Balaban J connectivity index is 1.51. The van der Waals surface area contributed by atoms with Gasteiger partial charge < -0.3 is 25.2 Å². The number of carbonyl (C=O) groups excluding carboxylic acids is 1. The van der Waals surface area contributed by atoms with Crippen molar-refractivity contribution in [2.75, 3.05) is 25.6 Å². The third-order valence-electron chi connectivity index (χ3n) is 5.03. The molecule has 1 atom stereocenters. The van der Waals surface area contributed by atoms with E-state index in [-0.39, 0.29) is 25.2 Å². The first-order chi connectivity index (χ1) is 16.4. The Hall–Kier alpha value is -3.83. The molecule has 11 nitrogen and oxygen atoms in total. The van der Waals surface area contributed by atoms with E-state index in [2.05, 4.69) is 30.9 Å². The number of aliphatic hydroxyl groups excluding tert-OH is 1. The number of ether oxygens (including phenoxy) is 2. The van der Waals surface area contributed by atoms with E-state index in [0.717, 1.165) is 10.9 Å². The van der Waals surface area contributed by atoms with Crippen LogP contribution in [0.5, 0.6) is 11.5 Å². The molecule has 2 heterocycles. The molecule has 4 N–H and O–H groups in total. The van der Waals surface area contributed by atoms with Gasteiger partial charge in [0.1, 0.15) is 0 Å². The monoisotopic (exact) mass is 485 g/mol. The molecule has 2 aromatic heterocycles. The highest BCUT2D eigenvalue weighted by atomic mass is 35.5. The molecular weight excluding hydrogens is 462 g/mol. The second-order valence-corrected chi connectivity index (χ2v) is 7.95. The third-order valence-corrected chi connectivity index (χ3v) is 5.44.